The molecule has 0 aromatic rings. The lowest BCUT2D eigenvalue weighted by atomic mass is 10.0. The van der Waals surface area contributed by atoms with E-state index in [1.54, 1.807) is 0 Å². The number of amides is 1. The molecule has 0 fully saturated rings. The van der Waals surface area contributed by atoms with Crippen molar-refractivity contribution >= 4 is 11.9 Å². The third-order valence-corrected chi connectivity index (χ3v) is 15.7. The lowest BCUT2D eigenvalue weighted by Gasteiger charge is -2.22. The van der Waals surface area contributed by atoms with Gasteiger partial charge in [0.05, 0.1) is 25.4 Å². The van der Waals surface area contributed by atoms with Crippen molar-refractivity contribution in [3.63, 3.8) is 0 Å². The quantitative estimate of drug-likeness (QED) is 0.0417. The molecule has 0 spiro atoms. The fourth-order valence-corrected chi connectivity index (χ4v) is 10.6. The summed E-state index contributed by atoms with van der Waals surface area (Å²) < 4.78 is 5.47. The molecule has 0 aliphatic heterocycles. The summed E-state index contributed by atoms with van der Waals surface area (Å²) in [5.41, 5.74) is 0. The number of aliphatic hydroxyl groups excluding tert-OH is 2. The SMILES string of the molecule is CCCCCCCCCCCCCCCCCCCCC(O)C(CO)NC(=O)CCCCCCCCCCCCCCCCCCCCCCCCCCCOC(=O)CCCCCCCCCCCCC. The van der Waals surface area contributed by atoms with Crippen molar-refractivity contribution in [3.8, 4) is 0 Å². The van der Waals surface area contributed by atoms with E-state index in [2.05, 4.69) is 19.2 Å². The van der Waals surface area contributed by atoms with Crippen LogP contribution in [0.4, 0.5) is 0 Å². The zero-order valence-corrected chi connectivity index (χ0v) is 48.5. The van der Waals surface area contributed by atoms with Gasteiger partial charge in [-0.1, -0.05) is 341 Å². The molecule has 3 N–H and O–H groups in total. The number of carbonyl (C=O) groups excluding carboxylic acids is 2. The first-order chi connectivity index (χ1) is 35.0. The van der Waals surface area contributed by atoms with E-state index >= 15 is 0 Å². The monoisotopic (exact) mass is 1000 g/mol. The number of hydrogen-bond donors (Lipinski definition) is 3. The van der Waals surface area contributed by atoms with Crippen molar-refractivity contribution < 1.29 is 24.5 Å². The van der Waals surface area contributed by atoms with Crippen LogP contribution in [0.3, 0.4) is 0 Å². The number of esters is 1. The number of aliphatic hydroxyl groups is 2. The van der Waals surface area contributed by atoms with Gasteiger partial charge in [-0.3, -0.25) is 9.59 Å². The smallest absolute Gasteiger partial charge is 0.305 e. The molecule has 0 aliphatic carbocycles. The molecule has 0 rings (SSSR count). The van der Waals surface area contributed by atoms with E-state index in [-0.39, 0.29) is 18.5 Å². The summed E-state index contributed by atoms with van der Waals surface area (Å²) in [6, 6.07) is -0.539. The maximum absolute atomic E-state index is 12.5. The molecular formula is C65H129NO5. The first-order valence-corrected chi connectivity index (χ1v) is 32.8. The van der Waals surface area contributed by atoms with Gasteiger partial charge in [-0.05, 0) is 25.7 Å². The molecule has 0 saturated carbocycles. The molecule has 1 amide bonds. The van der Waals surface area contributed by atoms with Crippen molar-refractivity contribution in [2.24, 2.45) is 0 Å². The summed E-state index contributed by atoms with van der Waals surface area (Å²) in [6.45, 7) is 4.99. The van der Waals surface area contributed by atoms with E-state index in [4.69, 9.17) is 4.74 Å². The molecule has 6 nitrogen and oxygen atoms in total. The molecule has 0 bridgehead atoms. The predicted molar refractivity (Wildman–Crippen MR) is 310 cm³/mol. The minimum Gasteiger partial charge on any atom is -0.466 e. The van der Waals surface area contributed by atoms with Crippen molar-refractivity contribution in [1.29, 1.82) is 0 Å². The van der Waals surface area contributed by atoms with Crippen LogP contribution in [-0.2, 0) is 14.3 Å². The van der Waals surface area contributed by atoms with Crippen LogP contribution in [0.5, 0.6) is 0 Å². The summed E-state index contributed by atoms with van der Waals surface area (Å²) in [6.07, 6.45) is 72.7. The van der Waals surface area contributed by atoms with Gasteiger partial charge >= 0.3 is 5.97 Å². The van der Waals surface area contributed by atoms with E-state index < -0.39 is 12.1 Å². The normalized spacial score (nSPS) is 12.5. The van der Waals surface area contributed by atoms with Gasteiger partial charge in [-0.15, -0.1) is 0 Å². The molecule has 0 saturated heterocycles. The summed E-state index contributed by atoms with van der Waals surface area (Å²) in [5, 5.41) is 23.4. The summed E-state index contributed by atoms with van der Waals surface area (Å²) in [5.74, 6) is -0.0117. The van der Waals surface area contributed by atoms with Gasteiger partial charge in [-0.25, -0.2) is 0 Å². The van der Waals surface area contributed by atoms with Crippen molar-refractivity contribution in [3.05, 3.63) is 0 Å². The number of rotatable bonds is 62. The fourth-order valence-electron chi connectivity index (χ4n) is 10.6. The molecule has 2 unspecified atom stereocenters. The average molecular weight is 1000 g/mol. The summed E-state index contributed by atoms with van der Waals surface area (Å²) >= 11 is 0. The Hall–Kier alpha value is -1.14. The fraction of sp³-hybridized carbons (Fsp3) is 0.969. The molecule has 0 aliphatic rings. The van der Waals surface area contributed by atoms with E-state index in [9.17, 15) is 19.8 Å². The molecular weight excluding hydrogens is 875 g/mol. The third kappa shape index (κ3) is 58.0. The van der Waals surface area contributed by atoms with E-state index in [1.165, 1.54) is 308 Å². The van der Waals surface area contributed by atoms with Gasteiger partial charge < -0.3 is 20.3 Å². The van der Waals surface area contributed by atoms with Crippen LogP contribution >= 0.6 is 0 Å². The molecule has 71 heavy (non-hydrogen) atoms. The van der Waals surface area contributed by atoms with Crippen LogP contribution in [0.15, 0.2) is 0 Å². The van der Waals surface area contributed by atoms with E-state index in [0.29, 0.717) is 25.9 Å². The molecule has 424 valence electrons. The largest absolute Gasteiger partial charge is 0.466 e. The maximum atomic E-state index is 12.5. The number of hydrogen-bond acceptors (Lipinski definition) is 5. The second kappa shape index (κ2) is 61.4. The lowest BCUT2D eigenvalue weighted by molar-refractivity contribution is -0.143. The number of ether oxygens (including phenoxy) is 1. The van der Waals surface area contributed by atoms with Gasteiger partial charge in [0.25, 0.3) is 0 Å². The van der Waals surface area contributed by atoms with E-state index in [1.807, 2.05) is 0 Å². The van der Waals surface area contributed by atoms with Gasteiger partial charge in [0.15, 0.2) is 0 Å². The Morgan fingerprint density at radius 2 is 0.577 bits per heavy atom. The van der Waals surface area contributed by atoms with Crippen molar-refractivity contribution in [2.45, 2.75) is 392 Å². The van der Waals surface area contributed by atoms with Crippen molar-refractivity contribution in [2.75, 3.05) is 13.2 Å². The van der Waals surface area contributed by atoms with Gasteiger partial charge in [0.1, 0.15) is 0 Å². The zero-order valence-electron chi connectivity index (χ0n) is 48.5. The van der Waals surface area contributed by atoms with Crippen LogP contribution in [0, 0.1) is 0 Å². The van der Waals surface area contributed by atoms with Crippen LogP contribution in [0.25, 0.3) is 0 Å². The molecule has 0 radical (unpaired) electrons. The molecule has 0 aromatic heterocycles. The van der Waals surface area contributed by atoms with Gasteiger partial charge in [-0.2, -0.15) is 0 Å². The average Bonchev–Trinajstić information content (AvgIpc) is 3.37. The summed E-state index contributed by atoms with van der Waals surface area (Å²) in [7, 11) is 0. The van der Waals surface area contributed by atoms with E-state index in [0.717, 1.165) is 38.5 Å². The Bertz CT molecular complexity index is 1020. The lowest BCUT2D eigenvalue weighted by Crippen LogP contribution is -2.45. The highest BCUT2D eigenvalue weighted by atomic mass is 16.5. The first-order valence-electron chi connectivity index (χ1n) is 32.8. The highest BCUT2D eigenvalue weighted by Gasteiger charge is 2.20. The van der Waals surface area contributed by atoms with Gasteiger partial charge in [0.2, 0.25) is 5.91 Å². The van der Waals surface area contributed by atoms with Crippen molar-refractivity contribution in [1.82, 2.24) is 5.32 Å². The second-order valence-electron chi connectivity index (χ2n) is 22.8. The minimum absolute atomic E-state index is 0.0172. The Kier molecular flexibility index (Phi) is 60.4. The molecule has 2 atom stereocenters. The molecule has 0 aromatic carbocycles. The number of carbonyl (C=O) groups is 2. The van der Waals surface area contributed by atoms with Crippen LogP contribution < -0.4 is 5.32 Å². The summed E-state index contributed by atoms with van der Waals surface area (Å²) in [4.78, 5) is 24.5. The highest BCUT2D eigenvalue weighted by Crippen LogP contribution is 2.19. The topological polar surface area (TPSA) is 95.9 Å². The highest BCUT2D eigenvalue weighted by molar-refractivity contribution is 5.76. The van der Waals surface area contributed by atoms with Gasteiger partial charge in [0, 0.05) is 12.8 Å². The minimum atomic E-state index is -0.662. The molecule has 6 heteroatoms. The standard InChI is InChI=1S/C65H129NO5/c1-3-5-7-9-11-13-15-16-17-18-28-31-34-38-41-45-49-53-57-63(68)62(61-67)66-64(69)58-54-50-46-42-39-35-32-29-26-24-22-20-19-21-23-25-27-30-33-36-40-44-48-52-56-60-71-65(70)59-55-51-47-43-37-14-12-10-8-6-4-2/h62-63,67-68H,3-61H2,1-2H3,(H,66,69). The maximum Gasteiger partial charge on any atom is 0.305 e. The Balaban J connectivity index is 3.35. The predicted octanol–water partition coefficient (Wildman–Crippen LogP) is 20.6. The Morgan fingerprint density at radius 3 is 0.859 bits per heavy atom. The second-order valence-corrected chi connectivity index (χ2v) is 22.8. The van der Waals surface area contributed by atoms with Crippen LogP contribution in [0.1, 0.15) is 380 Å². The molecule has 0 heterocycles. The van der Waals surface area contributed by atoms with Crippen LogP contribution in [-0.4, -0.2) is 47.4 Å². The number of unbranched alkanes of at least 4 members (excludes halogenated alkanes) is 51. The number of nitrogens with one attached hydrogen (secondary N) is 1. The first kappa shape index (κ1) is 69.9. The Morgan fingerprint density at radius 1 is 0.338 bits per heavy atom. The van der Waals surface area contributed by atoms with Crippen LogP contribution in [0.2, 0.25) is 0 Å². The Labute approximate surface area is 445 Å². The third-order valence-electron chi connectivity index (χ3n) is 15.7. The zero-order chi connectivity index (χ0) is 51.4.